The Morgan fingerprint density at radius 2 is 1.59 bits per heavy atom. The topological polar surface area (TPSA) is 17.8 Å². The van der Waals surface area contributed by atoms with Crippen LogP contribution >= 0.6 is 0 Å². The third-order valence-electron chi connectivity index (χ3n) is 6.98. The first-order chi connectivity index (χ1) is 13.4. The number of aromatic nitrogens is 2. The van der Waals surface area contributed by atoms with Crippen molar-refractivity contribution in [2.24, 2.45) is 0 Å². The molecule has 1 heterocycles. The second kappa shape index (κ2) is 7.60. The van der Waals surface area contributed by atoms with Crippen molar-refractivity contribution in [2.45, 2.75) is 90.1 Å². The van der Waals surface area contributed by atoms with Crippen molar-refractivity contribution in [1.82, 2.24) is 9.78 Å². The number of aryl methyl sites for hydroxylation is 1. The van der Waals surface area contributed by atoms with Crippen LogP contribution in [0.1, 0.15) is 75.4 Å². The largest absolute Gasteiger partial charge is 0.433 e. The van der Waals surface area contributed by atoms with Gasteiger partial charge in [-0.05, 0) is 41.8 Å². The molecule has 2 nitrogen and oxygen atoms in total. The molecule has 29 heavy (non-hydrogen) atoms. The molecule has 0 spiro atoms. The van der Waals surface area contributed by atoms with Crippen LogP contribution in [0, 0.1) is 0 Å². The van der Waals surface area contributed by atoms with Crippen molar-refractivity contribution >= 4 is 13.4 Å². The van der Waals surface area contributed by atoms with E-state index in [4.69, 9.17) is 5.10 Å². The lowest BCUT2D eigenvalue weighted by Gasteiger charge is -2.36. The average molecular weight is 423 g/mol. The first-order valence-electron chi connectivity index (χ1n) is 10.6. The number of alkyl halides is 3. The Balaban J connectivity index is 2.19. The third kappa shape index (κ3) is 4.18. The summed E-state index contributed by atoms with van der Waals surface area (Å²) in [6.07, 6.45) is -0.651. The molecule has 2 aromatic rings. The molecule has 0 atom stereocenters. The molecule has 1 saturated carbocycles. The van der Waals surface area contributed by atoms with Crippen molar-refractivity contribution in [2.75, 3.05) is 0 Å². The maximum Gasteiger partial charge on any atom is 0.433 e. The zero-order chi connectivity index (χ0) is 21.6. The summed E-state index contributed by atoms with van der Waals surface area (Å²) in [6.45, 7) is 12.8. The number of halogens is 3. The predicted octanol–water partition coefficient (Wildman–Crippen LogP) is 6.50. The predicted molar refractivity (Wildman–Crippen MR) is 116 cm³/mol. The standard InChI is InChI=1S/C23H33F3N2Si/c1-7-16-11-13-17(14-12-16)15-19-20(23(24,25)26)28(18-9-8-10-18)27-21(19)29(5,6)22(2,3)4/h11-14,18H,7-10,15H2,1-6H3. The van der Waals surface area contributed by atoms with E-state index in [1.54, 1.807) is 0 Å². The Hall–Kier alpha value is -1.56. The summed E-state index contributed by atoms with van der Waals surface area (Å²) in [7, 11) is -2.25. The van der Waals surface area contributed by atoms with E-state index in [0.717, 1.165) is 36.6 Å². The Bertz CT molecular complexity index is 854. The maximum absolute atomic E-state index is 14.3. The highest BCUT2D eigenvalue weighted by Crippen LogP contribution is 2.42. The summed E-state index contributed by atoms with van der Waals surface area (Å²) in [4.78, 5) is 0. The molecule has 3 rings (SSSR count). The van der Waals surface area contributed by atoms with Gasteiger partial charge in [-0.2, -0.15) is 18.3 Å². The van der Waals surface area contributed by atoms with Gasteiger partial charge in [0.05, 0.1) is 6.04 Å². The highest BCUT2D eigenvalue weighted by atomic mass is 28.3. The van der Waals surface area contributed by atoms with Crippen molar-refractivity contribution in [3.05, 3.63) is 46.6 Å². The fourth-order valence-electron chi connectivity index (χ4n) is 3.79. The molecule has 0 bridgehead atoms. The number of rotatable bonds is 5. The first-order valence-corrected chi connectivity index (χ1v) is 13.6. The van der Waals surface area contributed by atoms with Gasteiger partial charge in [0.2, 0.25) is 0 Å². The fraction of sp³-hybridized carbons (Fsp3) is 0.609. The molecule has 1 aliphatic rings. The summed E-state index contributed by atoms with van der Waals surface area (Å²) in [5, 5.41) is 5.36. The van der Waals surface area contributed by atoms with Gasteiger partial charge in [-0.3, -0.25) is 4.68 Å². The van der Waals surface area contributed by atoms with E-state index in [-0.39, 0.29) is 17.5 Å². The quantitative estimate of drug-likeness (QED) is 0.503. The van der Waals surface area contributed by atoms with Gasteiger partial charge >= 0.3 is 6.18 Å². The molecular weight excluding hydrogens is 389 g/mol. The van der Waals surface area contributed by atoms with E-state index in [9.17, 15) is 13.2 Å². The van der Waals surface area contributed by atoms with E-state index in [1.807, 2.05) is 24.3 Å². The van der Waals surface area contributed by atoms with Crippen LogP contribution in [0.25, 0.3) is 0 Å². The zero-order valence-electron chi connectivity index (χ0n) is 18.5. The lowest BCUT2D eigenvalue weighted by atomic mass is 9.93. The highest BCUT2D eigenvalue weighted by molar-refractivity contribution is 6.91. The second-order valence-corrected chi connectivity index (χ2v) is 15.1. The minimum atomic E-state index is -4.40. The number of hydrogen-bond donors (Lipinski definition) is 0. The Morgan fingerprint density at radius 3 is 2.00 bits per heavy atom. The van der Waals surface area contributed by atoms with E-state index in [2.05, 4.69) is 40.8 Å². The zero-order valence-corrected chi connectivity index (χ0v) is 19.5. The molecule has 0 unspecified atom stereocenters. The van der Waals surface area contributed by atoms with E-state index in [1.165, 1.54) is 10.2 Å². The SMILES string of the molecule is CCc1ccc(Cc2c([Si](C)(C)C(C)(C)C)nn(C3CCC3)c2C(F)(F)F)cc1. The van der Waals surface area contributed by atoms with E-state index >= 15 is 0 Å². The molecule has 1 aromatic carbocycles. The number of hydrogen-bond acceptors (Lipinski definition) is 1. The Kier molecular flexibility index (Phi) is 5.80. The van der Waals surface area contributed by atoms with Crippen LogP contribution in [-0.2, 0) is 19.0 Å². The highest BCUT2D eigenvalue weighted by Gasteiger charge is 2.47. The molecule has 1 fully saturated rings. The van der Waals surface area contributed by atoms with Crippen LogP contribution in [0.5, 0.6) is 0 Å². The van der Waals surface area contributed by atoms with Crippen LogP contribution in [-0.4, -0.2) is 17.9 Å². The molecule has 1 aromatic heterocycles. The van der Waals surface area contributed by atoms with Gasteiger partial charge in [0.1, 0.15) is 13.8 Å². The Labute approximate surface area is 173 Å². The number of nitrogens with zero attached hydrogens (tertiary/aromatic N) is 2. The maximum atomic E-state index is 14.3. The molecule has 0 radical (unpaired) electrons. The summed E-state index contributed by atoms with van der Waals surface area (Å²) >= 11 is 0. The number of benzene rings is 1. The first kappa shape index (κ1) is 22.1. The van der Waals surface area contributed by atoms with Gasteiger partial charge in [-0.1, -0.05) is 65.1 Å². The van der Waals surface area contributed by atoms with Gasteiger partial charge in [0.25, 0.3) is 0 Å². The van der Waals surface area contributed by atoms with Crippen LogP contribution in [0.2, 0.25) is 18.1 Å². The smallest absolute Gasteiger partial charge is 0.257 e. The summed E-state index contributed by atoms with van der Waals surface area (Å²) in [5.74, 6) is 0. The van der Waals surface area contributed by atoms with E-state index < -0.39 is 19.9 Å². The molecule has 0 N–H and O–H groups in total. The summed E-state index contributed by atoms with van der Waals surface area (Å²) in [5.41, 5.74) is 2.00. The Morgan fingerprint density at radius 1 is 1.03 bits per heavy atom. The lowest BCUT2D eigenvalue weighted by molar-refractivity contribution is -0.146. The average Bonchev–Trinajstić information content (AvgIpc) is 2.92. The molecule has 0 saturated heterocycles. The minimum Gasteiger partial charge on any atom is -0.257 e. The normalized spacial score (nSPS) is 16.2. The molecule has 160 valence electrons. The fourth-order valence-corrected chi connectivity index (χ4v) is 5.82. The van der Waals surface area contributed by atoms with E-state index in [0.29, 0.717) is 5.56 Å². The van der Waals surface area contributed by atoms with Crippen molar-refractivity contribution in [3.8, 4) is 0 Å². The van der Waals surface area contributed by atoms with Crippen LogP contribution < -0.4 is 5.32 Å². The molecule has 6 heteroatoms. The summed E-state index contributed by atoms with van der Waals surface area (Å²) < 4.78 is 44.3. The van der Waals surface area contributed by atoms with Gasteiger partial charge in [0, 0.05) is 17.3 Å². The van der Waals surface area contributed by atoms with Crippen LogP contribution in [0.4, 0.5) is 13.2 Å². The van der Waals surface area contributed by atoms with Crippen LogP contribution in [0.15, 0.2) is 24.3 Å². The second-order valence-electron chi connectivity index (χ2n) is 9.92. The van der Waals surface area contributed by atoms with Gasteiger partial charge in [0.15, 0.2) is 0 Å². The molecular formula is C23H33F3N2Si. The monoisotopic (exact) mass is 422 g/mol. The van der Waals surface area contributed by atoms with Gasteiger partial charge in [-0.15, -0.1) is 0 Å². The summed E-state index contributed by atoms with van der Waals surface area (Å²) in [6, 6.07) is 7.85. The van der Waals surface area contributed by atoms with Gasteiger partial charge in [-0.25, -0.2) is 0 Å². The molecule has 0 aliphatic heterocycles. The molecule has 0 amide bonds. The van der Waals surface area contributed by atoms with Gasteiger partial charge < -0.3 is 0 Å². The molecule has 1 aliphatic carbocycles. The lowest BCUT2D eigenvalue weighted by Crippen LogP contribution is -2.52. The van der Waals surface area contributed by atoms with Crippen molar-refractivity contribution in [3.63, 3.8) is 0 Å². The minimum absolute atomic E-state index is 0.0878. The third-order valence-corrected chi connectivity index (χ3v) is 12.3. The van der Waals surface area contributed by atoms with Crippen molar-refractivity contribution < 1.29 is 13.2 Å². The van der Waals surface area contributed by atoms with Crippen molar-refractivity contribution in [1.29, 1.82) is 0 Å². The van der Waals surface area contributed by atoms with Crippen LogP contribution in [0.3, 0.4) is 0 Å².